The molecule has 0 fully saturated rings. The van der Waals surface area contributed by atoms with Crippen molar-refractivity contribution in [2.75, 3.05) is 19.8 Å². The third-order valence-corrected chi connectivity index (χ3v) is 5.10. The monoisotopic (exact) mass is 472 g/mol. The maximum atomic E-state index is 13.1. The second kappa shape index (κ2) is 9.42. The summed E-state index contributed by atoms with van der Waals surface area (Å²) in [4.78, 5) is 38.9. The number of benzene rings is 2. The van der Waals surface area contributed by atoms with Crippen LogP contribution in [0.2, 0.25) is 0 Å². The van der Waals surface area contributed by atoms with Crippen LogP contribution in [0.1, 0.15) is 44.8 Å². The first-order valence-electron chi connectivity index (χ1n) is 10.2. The molecule has 0 spiro atoms. The molecule has 0 aliphatic heterocycles. The molecule has 3 aromatic rings. The first-order chi connectivity index (χ1) is 15.9. The molecule has 178 valence electrons. The highest BCUT2D eigenvalue weighted by atomic mass is 19.4. The van der Waals surface area contributed by atoms with E-state index in [0.29, 0.717) is 11.3 Å². The van der Waals surface area contributed by atoms with Crippen molar-refractivity contribution in [3.8, 4) is 5.69 Å². The minimum Gasteiger partial charge on any atom is -0.399 e. The van der Waals surface area contributed by atoms with Crippen molar-refractivity contribution in [3.63, 3.8) is 0 Å². The van der Waals surface area contributed by atoms with E-state index in [1.165, 1.54) is 46.9 Å². The topological polar surface area (TPSA) is 97.4 Å². The van der Waals surface area contributed by atoms with Crippen LogP contribution in [-0.2, 0) is 6.18 Å². The van der Waals surface area contributed by atoms with E-state index in [-0.39, 0.29) is 22.7 Å². The number of anilines is 1. The second-order valence-electron chi connectivity index (χ2n) is 7.96. The van der Waals surface area contributed by atoms with Crippen LogP contribution in [0.4, 0.5) is 18.9 Å². The fraction of sp³-hybridized carbons (Fsp3) is 0.208. The molecule has 0 aliphatic rings. The lowest BCUT2D eigenvalue weighted by molar-refractivity contribution is -0.137. The SMILES string of the molecule is C[C@@H](NC(=O)c1ccc(=O)n(-c2cccc(C(=O)N(C)C)c2)c1)c1cc(N)cc(C(F)(F)F)c1. The number of hydrogen-bond acceptors (Lipinski definition) is 4. The molecule has 3 N–H and O–H groups in total. The lowest BCUT2D eigenvalue weighted by atomic mass is 10.0. The average molecular weight is 472 g/mol. The van der Waals surface area contributed by atoms with Gasteiger partial charge in [-0.1, -0.05) is 6.07 Å². The summed E-state index contributed by atoms with van der Waals surface area (Å²) in [6, 6.07) is 11.2. The Morgan fingerprint density at radius 2 is 1.74 bits per heavy atom. The van der Waals surface area contributed by atoms with Gasteiger partial charge in [0.25, 0.3) is 17.4 Å². The van der Waals surface area contributed by atoms with Gasteiger partial charge in [-0.2, -0.15) is 13.2 Å². The molecule has 0 aliphatic carbocycles. The number of nitrogens with one attached hydrogen (secondary N) is 1. The second-order valence-corrected chi connectivity index (χ2v) is 7.96. The van der Waals surface area contributed by atoms with Crippen molar-refractivity contribution in [1.29, 1.82) is 0 Å². The van der Waals surface area contributed by atoms with Crippen LogP contribution < -0.4 is 16.6 Å². The van der Waals surface area contributed by atoms with Gasteiger partial charge in [-0.05, 0) is 55.0 Å². The summed E-state index contributed by atoms with van der Waals surface area (Å²) in [5, 5.41) is 2.62. The minimum atomic E-state index is -4.58. The molecule has 1 atom stereocenters. The van der Waals surface area contributed by atoms with Crippen LogP contribution in [0, 0.1) is 0 Å². The summed E-state index contributed by atoms with van der Waals surface area (Å²) in [6.07, 6.45) is -3.27. The van der Waals surface area contributed by atoms with Crippen LogP contribution in [0.5, 0.6) is 0 Å². The molecule has 34 heavy (non-hydrogen) atoms. The maximum Gasteiger partial charge on any atom is 0.416 e. The Morgan fingerprint density at radius 1 is 1.03 bits per heavy atom. The van der Waals surface area contributed by atoms with Crippen molar-refractivity contribution < 1.29 is 22.8 Å². The van der Waals surface area contributed by atoms with E-state index in [4.69, 9.17) is 5.73 Å². The summed E-state index contributed by atoms with van der Waals surface area (Å²) >= 11 is 0. The van der Waals surface area contributed by atoms with Gasteiger partial charge in [-0.25, -0.2) is 0 Å². The minimum absolute atomic E-state index is 0.0772. The fourth-order valence-corrected chi connectivity index (χ4v) is 3.32. The van der Waals surface area contributed by atoms with Crippen molar-refractivity contribution in [2.45, 2.75) is 19.1 Å². The molecule has 2 amide bonds. The summed E-state index contributed by atoms with van der Waals surface area (Å²) in [6.45, 7) is 1.53. The Morgan fingerprint density at radius 3 is 2.38 bits per heavy atom. The molecule has 2 aromatic carbocycles. The smallest absolute Gasteiger partial charge is 0.399 e. The van der Waals surface area contributed by atoms with Gasteiger partial charge in [0.15, 0.2) is 0 Å². The van der Waals surface area contributed by atoms with Gasteiger partial charge in [-0.15, -0.1) is 0 Å². The lowest BCUT2D eigenvalue weighted by Gasteiger charge is -2.18. The number of carbonyl (C=O) groups is 2. The van der Waals surface area contributed by atoms with Crippen molar-refractivity contribution in [1.82, 2.24) is 14.8 Å². The number of pyridine rings is 1. The Labute approximate surface area is 193 Å². The summed E-state index contributed by atoms with van der Waals surface area (Å²) in [5.41, 5.74) is 5.23. The molecular weight excluding hydrogens is 449 g/mol. The van der Waals surface area contributed by atoms with Gasteiger partial charge in [0.2, 0.25) is 0 Å². The number of nitrogens with two attached hydrogens (primary N) is 1. The van der Waals surface area contributed by atoms with Crippen LogP contribution in [0.3, 0.4) is 0 Å². The van der Waals surface area contributed by atoms with E-state index in [1.54, 1.807) is 32.3 Å². The number of aromatic nitrogens is 1. The van der Waals surface area contributed by atoms with Crippen molar-refractivity contribution in [3.05, 3.63) is 93.4 Å². The van der Waals surface area contributed by atoms with Crippen molar-refractivity contribution in [2.24, 2.45) is 0 Å². The van der Waals surface area contributed by atoms with Gasteiger partial charge in [0.05, 0.1) is 17.2 Å². The van der Waals surface area contributed by atoms with E-state index >= 15 is 0 Å². The van der Waals surface area contributed by atoms with Gasteiger partial charge in [0, 0.05) is 43.3 Å². The van der Waals surface area contributed by atoms with Crippen LogP contribution in [0.25, 0.3) is 5.69 Å². The average Bonchev–Trinajstić information content (AvgIpc) is 2.77. The zero-order valence-corrected chi connectivity index (χ0v) is 18.7. The molecule has 0 saturated heterocycles. The number of amides is 2. The normalized spacial score (nSPS) is 12.2. The molecule has 0 bridgehead atoms. The van der Waals surface area contributed by atoms with Crippen LogP contribution in [-0.4, -0.2) is 35.4 Å². The van der Waals surface area contributed by atoms with E-state index in [0.717, 1.165) is 12.1 Å². The molecule has 3 rings (SSSR count). The zero-order valence-electron chi connectivity index (χ0n) is 18.7. The number of nitrogen functional groups attached to an aromatic ring is 1. The summed E-state index contributed by atoms with van der Waals surface area (Å²) in [7, 11) is 3.21. The largest absolute Gasteiger partial charge is 0.416 e. The van der Waals surface area contributed by atoms with Crippen molar-refractivity contribution >= 4 is 17.5 Å². The molecule has 0 unspecified atom stereocenters. The Kier molecular flexibility index (Phi) is 6.80. The number of carbonyl (C=O) groups excluding carboxylic acids is 2. The summed E-state index contributed by atoms with van der Waals surface area (Å²) in [5.74, 6) is -0.851. The Balaban J connectivity index is 1.89. The molecule has 0 saturated carbocycles. The number of halogens is 3. The third-order valence-electron chi connectivity index (χ3n) is 5.10. The molecule has 7 nitrogen and oxygen atoms in total. The third kappa shape index (κ3) is 5.45. The number of nitrogens with zero attached hydrogens (tertiary/aromatic N) is 2. The van der Waals surface area contributed by atoms with Gasteiger partial charge < -0.3 is 16.0 Å². The summed E-state index contributed by atoms with van der Waals surface area (Å²) < 4.78 is 40.5. The maximum absolute atomic E-state index is 13.1. The number of alkyl halides is 3. The highest BCUT2D eigenvalue weighted by Gasteiger charge is 2.31. The number of rotatable bonds is 5. The van der Waals surface area contributed by atoms with Gasteiger partial charge >= 0.3 is 6.18 Å². The van der Waals surface area contributed by atoms with Crippen LogP contribution >= 0.6 is 0 Å². The molecule has 1 aromatic heterocycles. The first-order valence-corrected chi connectivity index (χ1v) is 10.2. The van der Waals surface area contributed by atoms with Crippen LogP contribution in [0.15, 0.2) is 65.6 Å². The first kappa shape index (κ1) is 24.6. The molecule has 1 heterocycles. The van der Waals surface area contributed by atoms with E-state index in [9.17, 15) is 27.6 Å². The lowest BCUT2D eigenvalue weighted by Crippen LogP contribution is -2.29. The highest BCUT2D eigenvalue weighted by molar-refractivity contribution is 5.95. The van der Waals surface area contributed by atoms with Gasteiger partial charge in [-0.3, -0.25) is 19.0 Å². The Hall–Kier alpha value is -4.08. The van der Waals surface area contributed by atoms with Gasteiger partial charge in [0.1, 0.15) is 0 Å². The quantitative estimate of drug-likeness (QED) is 0.554. The molecular formula is C24H23F3N4O3. The predicted molar refractivity (Wildman–Crippen MR) is 122 cm³/mol. The highest BCUT2D eigenvalue weighted by Crippen LogP contribution is 2.32. The van der Waals surface area contributed by atoms with E-state index in [2.05, 4.69) is 5.32 Å². The van der Waals surface area contributed by atoms with E-state index < -0.39 is 29.2 Å². The molecule has 0 radical (unpaired) electrons. The molecule has 10 heteroatoms. The fourth-order valence-electron chi connectivity index (χ4n) is 3.32. The Bertz CT molecular complexity index is 1300. The predicted octanol–water partition coefficient (Wildman–Crippen LogP) is 3.63. The number of hydrogen-bond donors (Lipinski definition) is 2. The standard InChI is InChI=1S/C24H23F3N4O3/c1-14(17-9-18(24(25,26)27)12-19(28)10-17)29-22(33)16-7-8-21(32)31(13-16)20-6-4-5-15(11-20)23(34)30(2)3/h4-14H,28H2,1-3H3,(H,29,33)/t14-/m1/s1. The van der Waals surface area contributed by atoms with E-state index in [1.807, 2.05) is 0 Å². The zero-order chi connectivity index (χ0) is 25.2.